The SMILES string of the molecule is CCCCCCCCNC[C@@H]1CC(N(C)C)C(O)[C@H](O[C@@H]2[C@@H](C)C(=O)C(C)C(=O)O[C@@H](CC)[C@@]3(C)OC(=O)N[C@@H]3[C@@H](C)NC[C@H](C)C[C@@]2(C)OC)O1. The van der Waals surface area contributed by atoms with Crippen molar-refractivity contribution in [2.75, 3.05) is 40.8 Å². The molecule has 4 N–H and O–H groups in total. The molecule has 1 amide bonds. The highest BCUT2D eigenvalue weighted by Gasteiger charge is 2.55. The first kappa shape index (κ1) is 44.5. The average Bonchev–Trinajstić information content (AvgIpc) is 3.42. The summed E-state index contributed by atoms with van der Waals surface area (Å²) in [6.45, 7) is 17.2. The van der Waals surface area contributed by atoms with Crippen LogP contribution in [0.15, 0.2) is 0 Å². The lowest BCUT2D eigenvalue weighted by Gasteiger charge is -2.47. The molecule has 3 aliphatic rings. The summed E-state index contributed by atoms with van der Waals surface area (Å²) >= 11 is 0. The number of carbonyl (C=O) groups excluding carboxylic acids is 3. The van der Waals surface area contributed by atoms with Crippen LogP contribution in [-0.2, 0) is 33.3 Å². The van der Waals surface area contributed by atoms with Gasteiger partial charge < -0.3 is 49.6 Å². The van der Waals surface area contributed by atoms with E-state index in [0.29, 0.717) is 32.4 Å². The van der Waals surface area contributed by atoms with Gasteiger partial charge in [-0.05, 0) is 86.5 Å². The molecule has 0 saturated carbocycles. The first-order valence-corrected chi connectivity index (χ1v) is 19.9. The zero-order valence-corrected chi connectivity index (χ0v) is 34.0. The van der Waals surface area contributed by atoms with Gasteiger partial charge in [-0.1, -0.05) is 59.8 Å². The van der Waals surface area contributed by atoms with Gasteiger partial charge in [0.25, 0.3) is 0 Å². The minimum atomic E-state index is -1.16. The minimum Gasteiger partial charge on any atom is -0.458 e. The maximum absolute atomic E-state index is 14.3. The first-order valence-electron chi connectivity index (χ1n) is 19.9. The van der Waals surface area contributed by atoms with E-state index in [1.165, 1.54) is 39.0 Å². The average molecular weight is 741 g/mol. The van der Waals surface area contributed by atoms with E-state index in [4.69, 9.17) is 23.7 Å². The Hall–Kier alpha value is -1.87. The van der Waals surface area contributed by atoms with Crippen LogP contribution in [0.2, 0.25) is 0 Å². The smallest absolute Gasteiger partial charge is 0.408 e. The number of hydrogen-bond donors (Lipinski definition) is 4. The highest BCUT2D eigenvalue weighted by atomic mass is 16.7. The van der Waals surface area contributed by atoms with Crippen molar-refractivity contribution in [3.63, 3.8) is 0 Å². The number of unbranched alkanes of at least 4 members (excludes halogenated alkanes) is 5. The topological polar surface area (TPSA) is 157 Å². The van der Waals surface area contributed by atoms with Gasteiger partial charge in [-0.15, -0.1) is 0 Å². The lowest BCUT2D eigenvalue weighted by atomic mass is 9.78. The van der Waals surface area contributed by atoms with Crippen molar-refractivity contribution >= 4 is 17.8 Å². The molecule has 3 aliphatic heterocycles. The second-order valence-electron chi connectivity index (χ2n) is 16.4. The van der Waals surface area contributed by atoms with E-state index in [9.17, 15) is 19.5 Å². The number of aliphatic hydroxyl groups is 1. The third-order valence-corrected chi connectivity index (χ3v) is 11.8. The number of aliphatic hydroxyl groups excluding tert-OH is 1. The molecule has 13 heteroatoms. The number of fused-ring (bicyclic) bond motifs is 1. The molecule has 3 rings (SSSR count). The summed E-state index contributed by atoms with van der Waals surface area (Å²) in [7, 11) is 5.47. The largest absolute Gasteiger partial charge is 0.458 e. The van der Waals surface area contributed by atoms with Crippen molar-refractivity contribution in [1.29, 1.82) is 0 Å². The van der Waals surface area contributed by atoms with Gasteiger partial charge in [-0.3, -0.25) is 9.59 Å². The van der Waals surface area contributed by atoms with Crippen LogP contribution in [0.1, 0.15) is 113 Å². The molecule has 52 heavy (non-hydrogen) atoms. The van der Waals surface area contributed by atoms with Gasteiger partial charge >= 0.3 is 12.1 Å². The maximum atomic E-state index is 14.3. The summed E-state index contributed by atoms with van der Waals surface area (Å²) in [5.41, 5.74) is -2.18. The zero-order chi connectivity index (χ0) is 38.8. The number of ether oxygens (including phenoxy) is 5. The van der Waals surface area contributed by atoms with Crippen LogP contribution in [0, 0.1) is 17.8 Å². The standard InChI is InChI=1S/C39H72N4O9/c1-12-14-15-16-17-18-19-40-23-28-20-29(43(9)10)32(45)36(49-28)51-34-25(4)31(44)26(5)35(46)50-30(13-2)39(8)33(42-37(47)52-39)27(6)41-22-24(3)21-38(34,7)48-11/h24-30,32-34,36,40-41,45H,12-23H2,1-11H3,(H,42,47)/t24-,25+,26?,27-,28+,29?,30+,32?,33-,34-,36+,38-,39-/m1/s1. The van der Waals surface area contributed by atoms with Gasteiger partial charge in [0.15, 0.2) is 17.7 Å². The number of methoxy groups -OCH3 is 1. The van der Waals surface area contributed by atoms with Gasteiger partial charge in [0.05, 0.1) is 23.9 Å². The quantitative estimate of drug-likeness (QED) is 0.115. The Morgan fingerprint density at radius 1 is 1.02 bits per heavy atom. The fourth-order valence-corrected chi connectivity index (χ4v) is 8.45. The van der Waals surface area contributed by atoms with Crippen molar-refractivity contribution in [3.05, 3.63) is 0 Å². The predicted octanol–water partition coefficient (Wildman–Crippen LogP) is 4.18. The predicted molar refractivity (Wildman–Crippen MR) is 200 cm³/mol. The van der Waals surface area contributed by atoms with Crippen LogP contribution in [0.4, 0.5) is 4.79 Å². The van der Waals surface area contributed by atoms with Crippen molar-refractivity contribution in [1.82, 2.24) is 20.9 Å². The van der Waals surface area contributed by atoms with Gasteiger partial charge in [0, 0.05) is 31.7 Å². The minimum absolute atomic E-state index is 0.0260. The highest BCUT2D eigenvalue weighted by molar-refractivity contribution is 6.00. The number of likely N-dealkylation sites (N-methyl/N-ethyl adjacent to an activating group) is 1. The number of rotatable bonds is 14. The van der Waals surface area contributed by atoms with E-state index in [0.717, 1.165) is 13.0 Å². The van der Waals surface area contributed by atoms with E-state index < -0.39 is 65.7 Å². The Morgan fingerprint density at radius 2 is 1.69 bits per heavy atom. The molecule has 3 heterocycles. The molecule has 0 spiro atoms. The summed E-state index contributed by atoms with van der Waals surface area (Å²) in [6, 6.07) is -0.974. The molecule has 13 nitrogen and oxygen atoms in total. The van der Waals surface area contributed by atoms with Crippen LogP contribution in [0.3, 0.4) is 0 Å². The van der Waals surface area contributed by atoms with Crippen LogP contribution in [0.5, 0.6) is 0 Å². The number of ketones is 1. The van der Waals surface area contributed by atoms with E-state index in [-0.39, 0.29) is 29.9 Å². The number of nitrogens with one attached hydrogen (secondary N) is 3. The Morgan fingerprint density at radius 3 is 2.33 bits per heavy atom. The highest BCUT2D eigenvalue weighted by Crippen LogP contribution is 2.37. The molecule has 13 atom stereocenters. The lowest BCUT2D eigenvalue weighted by Crippen LogP contribution is -2.60. The second-order valence-corrected chi connectivity index (χ2v) is 16.4. The summed E-state index contributed by atoms with van der Waals surface area (Å²) < 4.78 is 31.3. The summed E-state index contributed by atoms with van der Waals surface area (Å²) in [6.07, 6.45) is 4.26. The second kappa shape index (κ2) is 20.2. The van der Waals surface area contributed by atoms with E-state index >= 15 is 0 Å². The van der Waals surface area contributed by atoms with Crippen LogP contribution >= 0.6 is 0 Å². The zero-order valence-electron chi connectivity index (χ0n) is 34.0. The normalized spacial score (nSPS) is 39.6. The van der Waals surface area contributed by atoms with E-state index in [1.54, 1.807) is 21.0 Å². The van der Waals surface area contributed by atoms with Crippen LogP contribution in [0.25, 0.3) is 0 Å². The molecule has 3 unspecified atom stereocenters. The Bertz CT molecular complexity index is 1150. The number of hydrogen-bond acceptors (Lipinski definition) is 12. The Kier molecular flexibility index (Phi) is 17.3. The molecular formula is C39H72N4O9. The van der Waals surface area contributed by atoms with Crippen molar-refractivity contribution in [2.24, 2.45) is 17.8 Å². The molecule has 0 aromatic heterocycles. The lowest BCUT2D eigenvalue weighted by molar-refractivity contribution is -0.297. The fourth-order valence-electron chi connectivity index (χ4n) is 8.45. The monoisotopic (exact) mass is 741 g/mol. The number of carbonyl (C=O) groups is 3. The maximum Gasteiger partial charge on any atom is 0.408 e. The number of nitrogens with zero attached hydrogens (tertiary/aromatic N) is 1. The molecule has 0 aromatic rings. The molecule has 0 bridgehead atoms. The van der Waals surface area contributed by atoms with E-state index in [1.807, 2.05) is 39.8 Å². The molecular weight excluding hydrogens is 668 g/mol. The van der Waals surface area contributed by atoms with Gasteiger partial charge in [0.1, 0.15) is 18.1 Å². The summed E-state index contributed by atoms with van der Waals surface area (Å²) in [5.74, 6) is -3.04. The van der Waals surface area contributed by atoms with Crippen molar-refractivity contribution in [3.8, 4) is 0 Å². The summed E-state index contributed by atoms with van der Waals surface area (Å²) in [5, 5.41) is 21.7. The Balaban J connectivity index is 1.90. The summed E-state index contributed by atoms with van der Waals surface area (Å²) in [4.78, 5) is 42.5. The van der Waals surface area contributed by atoms with E-state index in [2.05, 4.69) is 29.8 Å². The molecule has 302 valence electrons. The number of cyclic esters (lactones) is 1. The number of Topliss-reactive ketones (excluding diaryl/α,β-unsaturated/α-hetero) is 1. The fraction of sp³-hybridized carbons (Fsp3) is 0.923. The van der Waals surface area contributed by atoms with Crippen molar-refractivity contribution < 1.29 is 43.2 Å². The number of esters is 1. The van der Waals surface area contributed by atoms with Crippen LogP contribution in [-0.4, -0.2) is 129 Å². The third kappa shape index (κ3) is 11.1. The molecule has 3 fully saturated rings. The van der Waals surface area contributed by atoms with Crippen LogP contribution < -0.4 is 16.0 Å². The van der Waals surface area contributed by atoms with Crippen molar-refractivity contribution in [2.45, 2.75) is 173 Å². The van der Waals surface area contributed by atoms with Gasteiger partial charge in [-0.25, -0.2) is 4.79 Å². The molecule has 0 aliphatic carbocycles. The Labute approximate surface area is 313 Å². The first-order chi connectivity index (χ1) is 24.5. The molecule has 0 aromatic carbocycles. The third-order valence-electron chi connectivity index (χ3n) is 11.8. The molecule has 3 saturated heterocycles. The molecule has 0 radical (unpaired) electrons. The van der Waals surface area contributed by atoms with Gasteiger partial charge in [-0.2, -0.15) is 0 Å². The van der Waals surface area contributed by atoms with Gasteiger partial charge in [0.2, 0.25) is 0 Å². The number of alkyl carbamates (subject to hydrolysis) is 1. The number of amides is 1.